The van der Waals surface area contributed by atoms with Crippen molar-refractivity contribution in [3.05, 3.63) is 64.6 Å². The Hall–Kier alpha value is -2.13. The Kier molecular flexibility index (Phi) is 3.66. The molecule has 1 aliphatic rings. The van der Waals surface area contributed by atoms with E-state index in [4.69, 9.17) is 0 Å². The number of para-hydroxylation sites is 1. The number of hydrogen-bond acceptors (Lipinski definition) is 2. The van der Waals surface area contributed by atoms with Gasteiger partial charge in [-0.2, -0.15) is 0 Å². The van der Waals surface area contributed by atoms with Gasteiger partial charge in [0.2, 0.25) is 0 Å². The van der Waals surface area contributed by atoms with Crippen LogP contribution in [0.15, 0.2) is 36.5 Å². The first-order valence-corrected chi connectivity index (χ1v) is 8.42. The van der Waals surface area contributed by atoms with Crippen LogP contribution in [0.25, 0.3) is 10.9 Å². The van der Waals surface area contributed by atoms with Crippen LogP contribution < -0.4 is 0 Å². The second-order valence-corrected chi connectivity index (χ2v) is 6.72. The van der Waals surface area contributed by atoms with Crippen LogP contribution in [0.4, 0.5) is 0 Å². The molecule has 3 heterocycles. The van der Waals surface area contributed by atoms with Crippen molar-refractivity contribution in [1.29, 1.82) is 0 Å². The number of likely N-dealkylation sites (N-methyl/N-ethyl adjacent to an activating group) is 1. The molecule has 0 bridgehead atoms. The maximum Gasteiger partial charge on any atom is 0.0492 e. The summed E-state index contributed by atoms with van der Waals surface area (Å²) in [4.78, 5) is 10.5. The van der Waals surface area contributed by atoms with Gasteiger partial charge in [-0.05, 0) is 49.6 Å². The Labute approximate surface area is 137 Å². The summed E-state index contributed by atoms with van der Waals surface area (Å²) in [5.74, 6) is 0. The maximum atomic E-state index is 4.40. The van der Waals surface area contributed by atoms with E-state index in [0.29, 0.717) is 0 Å². The number of benzene rings is 1. The number of hydrogen-bond donors (Lipinski definition) is 1. The molecule has 0 unspecified atom stereocenters. The normalized spacial score (nSPS) is 15.0. The third-order valence-corrected chi connectivity index (χ3v) is 4.94. The molecule has 0 aliphatic carbocycles. The summed E-state index contributed by atoms with van der Waals surface area (Å²) in [6, 6.07) is 11.0. The Morgan fingerprint density at radius 2 is 2.09 bits per heavy atom. The van der Waals surface area contributed by atoms with Gasteiger partial charge in [-0.3, -0.25) is 4.98 Å². The number of H-pyrrole nitrogens is 1. The van der Waals surface area contributed by atoms with Crippen LogP contribution >= 0.6 is 0 Å². The van der Waals surface area contributed by atoms with Gasteiger partial charge in [-0.15, -0.1) is 0 Å². The molecular formula is C20H23N3. The largest absolute Gasteiger partial charge is 0.358 e. The van der Waals surface area contributed by atoms with Crippen molar-refractivity contribution >= 4 is 10.9 Å². The number of aromatic nitrogens is 2. The minimum absolute atomic E-state index is 1.04. The second kappa shape index (κ2) is 5.82. The summed E-state index contributed by atoms with van der Waals surface area (Å²) < 4.78 is 0. The second-order valence-electron chi connectivity index (χ2n) is 6.72. The van der Waals surface area contributed by atoms with Gasteiger partial charge < -0.3 is 9.88 Å². The summed E-state index contributed by atoms with van der Waals surface area (Å²) in [6.07, 6.45) is 5.22. The summed E-state index contributed by atoms with van der Waals surface area (Å²) in [6.45, 7) is 4.23. The van der Waals surface area contributed by atoms with E-state index in [1.54, 1.807) is 0 Å². The Balaban J connectivity index is 1.64. The zero-order chi connectivity index (χ0) is 15.8. The fraction of sp³-hybridized carbons (Fsp3) is 0.350. The smallest absolute Gasteiger partial charge is 0.0492 e. The number of nitrogens with zero attached hydrogens (tertiary/aromatic N) is 2. The van der Waals surface area contributed by atoms with E-state index < -0.39 is 0 Å². The Bertz CT molecular complexity index is 830. The van der Waals surface area contributed by atoms with Crippen LogP contribution in [-0.4, -0.2) is 28.5 Å². The van der Waals surface area contributed by atoms with Crippen molar-refractivity contribution in [2.24, 2.45) is 0 Å². The van der Waals surface area contributed by atoms with Crippen LogP contribution in [0, 0.1) is 6.92 Å². The molecule has 0 spiro atoms. The standard InChI is InChI=1S/C20H23N3/c1-14-6-7-15(12-21-14)8-9-16-4-3-5-17-18-13-23(2)11-10-19(18)22-20(16)17/h3-7,12,22H,8-11,13H2,1-2H3. The van der Waals surface area contributed by atoms with E-state index in [1.165, 1.54) is 33.3 Å². The molecule has 23 heavy (non-hydrogen) atoms. The van der Waals surface area contributed by atoms with Crippen LogP contribution in [0.3, 0.4) is 0 Å². The molecule has 1 aliphatic heterocycles. The number of aryl methyl sites for hydroxylation is 3. The summed E-state index contributed by atoms with van der Waals surface area (Å²) >= 11 is 0. The fourth-order valence-corrected chi connectivity index (χ4v) is 3.57. The molecule has 1 aromatic carbocycles. The van der Waals surface area contributed by atoms with Gasteiger partial charge in [0.15, 0.2) is 0 Å². The third kappa shape index (κ3) is 2.77. The predicted molar refractivity (Wildman–Crippen MR) is 94.7 cm³/mol. The van der Waals surface area contributed by atoms with E-state index in [0.717, 1.165) is 38.0 Å². The first kappa shape index (κ1) is 14.5. The number of rotatable bonds is 3. The molecule has 3 heteroatoms. The molecular weight excluding hydrogens is 282 g/mol. The molecule has 0 saturated carbocycles. The molecule has 0 saturated heterocycles. The predicted octanol–water partition coefficient (Wildman–Crippen LogP) is 3.64. The zero-order valence-corrected chi connectivity index (χ0v) is 13.9. The molecule has 3 nitrogen and oxygen atoms in total. The number of nitrogens with one attached hydrogen (secondary N) is 1. The molecule has 3 aromatic rings. The molecule has 0 atom stereocenters. The zero-order valence-electron chi connectivity index (χ0n) is 13.9. The van der Waals surface area contributed by atoms with E-state index in [9.17, 15) is 0 Å². The highest BCUT2D eigenvalue weighted by molar-refractivity contribution is 5.87. The highest BCUT2D eigenvalue weighted by atomic mass is 15.1. The molecule has 118 valence electrons. The van der Waals surface area contributed by atoms with Gasteiger partial charge in [-0.1, -0.05) is 24.3 Å². The lowest BCUT2D eigenvalue weighted by molar-refractivity contribution is 0.313. The SMILES string of the molecule is Cc1ccc(CCc2cccc3c4c([nH]c23)CCN(C)C4)cn1. The van der Waals surface area contributed by atoms with Crippen LogP contribution in [0.1, 0.15) is 28.1 Å². The molecule has 0 radical (unpaired) electrons. The topological polar surface area (TPSA) is 31.9 Å². The average molecular weight is 305 g/mol. The number of fused-ring (bicyclic) bond motifs is 3. The molecule has 1 N–H and O–H groups in total. The third-order valence-electron chi connectivity index (χ3n) is 4.94. The van der Waals surface area contributed by atoms with Crippen molar-refractivity contribution in [3.8, 4) is 0 Å². The summed E-state index contributed by atoms with van der Waals surface area (Å²) in [7, 11) is 2.20. The first-order chi connectivity index (χ1) is 11.2. The van der Waals surface area contributed by atoms with Crippen LogP contribution in [0.2, 0.25) is 0 Å². The van der Waals surface area contributed by atoms with Crippen molar-refractivity contribution < 1.29 is 0 Å². The van der Waals surface area contributed by atoms with E-state index in [2.05, 4.69) is 52.2 Å². The minimum Gasteiger partial charge on any atom is -0.358 e. The van der Waals surface area contributed by atoms with Crippen molar-refractivity contribution in [3.63, 3.8) is 0 Å². The van der Waals surface area contributed by atoms with Gasteiger partial charge in [0, 0.05) is 48.0 Å². The maximum absolute atomic E-state index is 4.40. The van der Waals surface area contributed by atoms with Gasteiger partial charge >= 0.3 is 0 Å². The molecule has 0 amide bonds. The minimum atomic E-state index is 1.04. The number of aromatic amines is 1. The lowest BCUT2D eigenvalue weighted by atomic mass is 10.0. The highest BCUT2D eigenvalue weighted by Gasteiger charge is 2.19. The quantitative estimate of drug-likeness (QED) is 0.801. The van der Waals surface area contributed by atoms with E-state index in [-0.39, 0.29) is 0 Å². The monoisotopic (exact) mass is 305 g/mol. The van der Waals surface area contributed by atoms with Crippen molar-refractivity contribution in [2.45, 2.75) is 32.7 Å². The fourth-order valence-electron chi connectivity index (χ4n) is 3.57. The highest BCUT2D eigenvalue weighted by Crippen LogP contribution is 2.29. The van der Waals surface area contributed by atoms with Crippen LogP contribution in [-0.2, 0) is 25.8 Å². The summed E-state index contributed by atoms with van der Waals surface area (Å²) in [5.41, 5.74) is 8.07. The first-order valence-electron chi connectivity index (χ1n) is 8.42. The molecule has 0 fully saturated rings. The van der Waals surface area contributed by atoms with Gasteiger partial charge in [0.05, 0.1) is 0 Å². The van der Waals surface area contributed by atoms with Gasteiger partial charge in [0.1, 0.15) is 0 Å². The van der Waals surface area contributed by atoms with E-state index in [1.807, 2.05) is 13.1 Å². The van der Waals surface area contributed by atoms with Gasteiger partial charge in [0.25, 0.3) is 0 Å². The van der Waals surface area contributed by atoms with E-state index >= 15 is 0 Å². The average Bonchev–Trinajstić information content (AvgIpc) is 2.93. The van der Waals surface area contributed by atoms with Crippen molar-refractivity contribution in [1.82, 2.24) is 14.9 Å². The lowest BCUT2D eigenvalue weighted by Crippen LogP contribution is -2.25. The Morgan fingerprint density at radius 3 is 2.91 bits per heavy atom. The van der Waals surface area contributed by atoms with Gasteiger partial charge in [-0.25, -0.2) is 0 Å². The molecule has 4 rings (SSSR count). The summed E-state index contributed by atoms with van der Waals surface area (Å²) in [5, 5.41) is 1.41. The van der Waals surface area contributed by atoms with Crippen molar-refractivity contribution in [2.75, 3.05) is 13.6 Å². The Morgan fingerprint density at radius 1 is 1.17 bits per heavy atom. The molecule has 2 aromatic heterocycles. The lowest BCUT2D eigenvalue weighted by Gasteiger charge is -2.22. The van der Waals surface area contributed by atoms with Crippen LogP contribution in [0.5, 0.6) is 0 Å². The number of pyridine rings is 1.